The van der Waals surface area contributed by atoms with Gasteiger partial charge in [-0.3, -0.25) is 9.63 Å². The molecule has 1 heterocycles. The number of aliphatic hydroxyl groups excluding tert-OH is 1. The fourth-order valence-corrected chi connectivity index (χ4v) is 2.00. The first-order valence-corrected chi connectivity index (χ1v) is 6.19. The predicted octanol–water partition coefficient (Wildman–Crippen LogP) is 0.562. The van der Waals surface area contributed by atoms with Crippen molar-refractivity contribution < 1.29 is 19.5 Å². The first-order valence-electron chi connectivity index (χ1n) is 6.19. The number of rotatable bonds is 4. The van der Waals surface area contributed by atoms with Gasteiger partial charge in [0.15, 0.2) is 0 Å². The molecule has 1 rings (SSSR count). The van der Waals surface area contributed by atoms with Gasteiger partial charge in [-0.2, -0.15) is 0 Å². The average Bonchev–Trinajstić information content (AvgIpc) is 2.73. The fraction of sp³-hybridized carbons (Fsp3) is 0.917. The molecule has 1 N–H and O–H groups in total. The maximum atomic E-state index is 12.0. The van der Waals surface area contributed by atoms with E-state index in [0.717, 1.165) is 6.42 Å². The standard InChI is InChI=1S/C12H24N2O4/c1-12(2,3)18-11(16)14-8-6-7-9(14)10(15)13(4)17-5/h9,11,16H,6-8H2,1-5H3/t9-,11?/m1/s1. The third-order valence-electron chi connectivity index (χ3n) is 2.91. The molecule has 0 aliphatic carbocycles. The number of nitrogens with zero attached hydrogens (tertiary/aromatic N) is 2. The highest BCUT2D eigenvalue weighted by molar-refractivity contribution is 5.81. The van der Waals surface area contributed by atoms with Crippen molar-refractivity contribution in [2.45, 2.75) is 51.7 Å². The molecule has 1 aliphatic rings. The second-order valence-corrected chi connectivity index (χ2v) is 5.47. The van der Waals surface area contributed by atoms with Gasteiger partial charge in [-0.1, -0.05) is 0 Å². The van der Waals surface area contributed by atoms with Crippen LogP contribution in [0.25, 0.3) is 0 Å². The zero-order valence-corrected chi connectivity index (χ0v) is 11.8. The van der Waals surface area contributed by atoms with Crippen LogP contribution >= 0.6 is 0 Å². The number of hydrogen-bond donors (Lipinski definition) is 1. The molecule has 0 saturated carbocycles. The van der Waals surface area contributed by atoms with Crippen LogP contribution in [0.2, 0.25) is 0 Å². The summed E-state index contributed by atoms with van der Waals surface area (Å²) in [6.45, 7) is 6.24. The van der Waals surface area contributed by atoms with Crippen LogP contribution in [0.15, 0.2) is 0 Å². The minimum absolute atomic E-state index is 0.161. The summed E-state index contributed by atoms with van der Waals surface area (Å²) in [6.07, 6.45) is 0.502. The highest BCUT2D eigenvalue weighted by atomic mass is 16.7. The lowest BCUT2D eigenvalue weighted by Gasteiger charge is -2.33. The number of hydroxylamine groups is 2. The summed E-state index contributed by atoms with van der Waals surface area (Å²) in [5, 5.41) is 11.2. The van der Waals surface area contributed by atoms with Crippen LogP contribution in [-0.4, -0.2) is 59.7 Å². The SMILES string of the molecule is CON(C)C(=O)[C@H]1CCCN1C(O)OC(C)(C)C. The van der Waals surface area contributed by atoms with Crippen molar-refractivity contribution in [2.24, 2.45) is 0 Å². The lowest BCUT2D eigenvalue weighted by Crippen LogP contribution is -2.50. The van der Waals surface area contributed by atoms with E-state index in [-0.39, 0.29) is 11.9 Å². The first-order chi connectivity index (χ1) is 8.26. The molecular weight excluding hydrogens is 236 g/mol. The molecule has 0 aromatic rings. The minimum atomic E-state index is -1.06. The lowest BCUT2D eigenvalue weighted by atomic mass is 10.2. The van der Waals surface area contributed by atoms with Gasteiger partial charge in [-0.25, -0.2) is 9.96 Å². The van der Waals surface area contributed by atoms with Crippen LogP contribution in [0, 0.1) is 0 Å². The molecule has 1 saturated heterocycles. The van der Waals surface area contributed by atoms with Gasteiger partial charge in [0.05, 0.1) is 18.8 Å². The molecule has 18 heavy (non-hydrogen) atoms. The molecule has 2 atom stereocenters. The molecular formula is C12H24N2O4. The van der Waals surface area contributed by atoms with Gasteiger partial charge in [0.1, 0.15) is 0 Å². The molecule has 6 nitrogen and oxygen atoms in total. The number of carbonyl (C=O) groups is 1. The smallest absolute Gasteiger partial charge is 0.263 e. The Bertz CT molecular complexity index is 290. The van der Waals surface area contributed by atoms with E-state index in [2.05, 4.69) is 0 Å². The number of ether oxygens (including phenoxy) is 1. The van der Waals surface area contributed by atoms with E-state index in [9.17, 15) is 9.90 Å². The topological polar surface area (TPSA) is 62.2 Å². The summed E-state index contributed by atoms with van der Waals surface area (Å²) in [4.78, 5) is 18.6. The second-order valence-electron chi connectivity index (χ2n) is 5.47. The fourth-order valence-electron chi connectivity index (χ4n) is 2.00. The third kappa shape index (κ3) is 3.91. The monoisotopic (exact) mass is 260 g/mol. The quantitative estimate of drug-likeness (QED) is 0.591. The summed E-state index contributed by atoms with van der Waals surface area (Å²) in [5.74, 6) is -0.161. The van der Waals surface area contributed by atoms with Crippen molar-refractivity contribution in [3.63, 3.8) is 0 Å². The highest BCUT2D eigenvalue weighted by Gasteiger charge is 2.38. The van der Waals surface area contributed by atoms with Crippen molar-refractivity contribution in [1.82, 2.24) is 9.96 Å². The van der Waals surface area contributed by atoms with E-state index < -0.39 is 12.0 Å². The normalized spacial score (nSPS) is 23.1. The number of likely N-dealkylation sites (N-methyl/N-ethyl adjacent to an activating group) is 1. The molecule has 1 aliphatic heterocycles. The molecule has 0 aromatic heterocycles. The molecule has 1 fully saturated rings. The van der Waals surface area contributed by atoms with Crippen molar-refractivity contribution in [2.75, 3.05) is 20.7 Å². The van der Waals surface area contributed by atoms with Crippen LogP contribution < -0.4 is 0 Å². The van der Waals surface area contributed by atoms with Gasteiger partial charge in [0, 0.05) is 13.6 Å². The van der Waals surface area contributed by atoms with Crippen LogP contribution in [-0.2, 0) is 14.4 Å². The maximum Gasteiger partial charge on any atom is 0.263 e. The van der Waals surface area contributed by atoms with Crippen LogP contribution in [0.4, 0.5) is 0 Å². The number of amides is 1. The molecule has 0 radical (unpaired) electrons. The van der Waals surface area contributed by atoms with Gasteiger partial charge in [0.2, 0.25) is 6.41 Å². The molecule has 1 unspecified atom stereocenters. The van der Waals surface area contributed by atoms with E-state index in [1.165, 1.54) is 12.2 Å². The molecule has 1 amide bonds. The Morgan fingerprint density at radius 2 is 2.11 bits per heavy atom. The third-order valence-corrected chi connectivity index (χ3v) is 2.91. The van der Waals surface area contributed by atoms with Crippen molar-refractivity contribution in [3.05, 3.63) is 0 Å². The van der Waals surface area contributed by atoms with Gasteiger partial charge < -0.3 is 9.84 Å². The highest BCUT2D eigenvalue weighted by Crippen LogP contribution is 2.23. The largest absolute Gasteiger partial charge is 0.356 e. The van der Waals surface area contributed by atoms with Crippen LogP contribution in [0.5, 0.6) is 0 Å². The van der Waals surface area contributed by atoms with Crippen LogP contribution in [0.3, 0.4) is 0 Å². The predicted molar refractivity (Wildman–Crippen MR) is 66.4 cm³/mol. The van der Waals surface area contributed by atoms with E-state index in [1.54, 1.807) is 11.9 Å². The number of hydrogen-bond acceptors (Lipinski definition) is 5. The molecule has 0 spiro atoms. The van der Waals surface area contributed by atoms with E-state index >= 15 is 0 Å². The Kier molecular flexibility index (Phi) is 5.10. The average molecular weight is 260 g/mol. The Balaban J connectivity index is 2.67. The summed E-state index contributed by atoms with van der Waals surface area (Å²) in [5.41, 5.74) is -0.456. The van der Waals surface area contributed by atoms with Crippen molar-refractivity contribution in [3.8, 4) is 0 Å². The molecule has 6 heteroatoms. The Hall–Kier alpha value is -0.690. The molecule has 0 aromatic carbocycles. The van der Waals surface area contributed by atoms with E-state index in [0.29, 0.717) is 13.0 Å². The summed E-state index contributed by atoms with van der Waals surface area (Å²) in [7, 11) is 3.01. The van der Waals surface area contributed by atoms with Gasteiger partial charge in [-0.05, 0) is 33.6 Å². The van der Waals surface area contributed by atoms with Crippen molar-refractivity contribution >= 4 is 5.91 Å². The molecule has 106 valence electrons. The Morgan fingerprint density at radius 3 is 2.61 bits per heavy atom. The van der Waals surface area contributed by atoms with Crippen LogP contribution in [0.1, 0.15) is 33.6 Å². The summed E-state index contributed by atoms with van der Waals surface area (Å²) < 4.78 is 5.49. The Labute approximate surface area is 108 Å². The summed E-state index contributed by atoms with van der Waals surface area (Å²) >= 11 is 0. The summed E-state index contributed by atoms with van der Waals surface area (Å²) in [6, 6.07) is -0.382. The minimum Gasteiger partial charge on any atom is -0.356 e. The van der Waals surface area contributed by atoms with Gasteiger partial charge in [-0.15, -0.1) is 0 Å². The van der Waals surface area contributed by atoms with Gasteiger partial charge in [0.25, 0.3) is 5.91 Å². The number of likely N-dealkylation sites (tertiary alicyclic amines) is 1. The lowest BCUT2D eigenvalue weighted by molar-refractivity contribution is -0.245. The maximum absolute atomic E-state index is 12.0. The zero-order chi connectivity index (χ0) is 13.9. The van der Waals surface area contributed by atoms with Crippen molar-refractivity contribution in [1.29, 1.82) is 0 Å². The first kappa shape index (κ1) is 15.4. The number of aliphatic hydroxyl groups is 1. The van der Waals surface area contributed by atoms with Gasteiger partial charge >= 0.3 is 0 Å². The number of carbonyl (C=O) groups excluding carboxylic acids is 1. The second kappa shape index (κ2) is 5.97. The van der Waals surface area contributed by atoms with E-state index in [4.69, 9.17) is 9.57 Å². The Morgan fingerprint density at radius 1 is 1.50 bits per heavy atom. The molecule has 0 bridgehead atoms. The van der Waals surface area contributed by atoms with E-state index in [1.807, 2.05) is 20.8 Å². The zero-order valence-electron chi connectivity index (χ0n) is 11.8.